The molecule has 0 aliphatic heterocycles. The second-order valence-corrected chi connectivity index (χ2v) is 2.82. The van der Waals surface area contributed by atoms with Crippen molar-refractivity contribution in [2.24, 2.45) is 0 Å². The highest BCUT2D eigenvalue weighted by Gasteiger charge is 2.05. The molecule has 0 saturated heterocycles. The molecule has 0 N–H and O–H groups in total. The lowest BCUT2D eigenvalue weighted by atomic mass is 10.3. The Hall–Kier alpha value is -0.790. The van der Waals surface area contributed by atoms with E-state index in [1.54, 1.807) is 0 Å². The highest BCUT2D eigenvalue weighted by molar-refractivity contribution is 5.69. The number of carbonyl (C=O) groups excluding carboxylic acids is 1. The van der Waals surface area contributed by atoms with Crippen LogP contribution in [-0.2, 0) is 9.53 Å². The Morgan fingerprint density at radius 1 is 1.58 bits per heavy atom. The minimum absolute atomic E-state index is 0.0584. The maximum atomic E-state index is 11.0. The number of ether oxygens (including phenoxy) is 1. The molecule has 70 valence electrons. The maximum Gasteiger partial charge on any atom is 0.306 e. The number of esters is 1. The second-order valence-electron chi connectivity index (χ2n) is 2.82. The summed E-state index contributed by atoms with van der Waals surface area (Å²) in [6.45, 7) is 5.86. The second kappa shape index (κ2) is 6.89. The van der Waals surface area contributed by atoms with Crippen LogP contribution in [0.15, 0.2) is 12.2 Å². The quantitative estimate of drug-likeness (QED) is 0.468. The van der Waals surface area contributed by atoms with Crippen LogP contribution >= 0.6 is 0 Å². The van der Waals surface area contributed by atoms with Crippen LogP contribution in [0.1, 0.15) is 40.0 Å². The summed E-state index contributed by atoms with van der Waals surface area (Å²) >= 11 is 0. The van der Waals surface area contributed by atoms with E-state index in [1.807, 2.05) is 32.9 Å². The molecular weight excluding hydrogens is 152 g/mol. The molecule has 0 aromatic heterocycles. The standard InChI is InChI=1S/C10H18O2/c1-4-6-7-8-10(11)12-9(3)5-2/h4,6,9H,5,7-8H2,1-3H3/b6-4+. The fraction of sp³-hybridized carbons (Fsp3) is 0.700. The molecule has 0 heterocycles. The van der Waals surface area contributed by atoms with E-state index in [0.717, 1.165) is 12.8 Å². The van der Waals surface area contributed by atoms with Gasteiger partial charge in [0.1, 0.15) is 0 Å². The molecular formula is C10H18O2. The van der Waals surface area contributed by atoms with Crippen molar-refractivity contribution in [3.05, 3.63) is 12.2 Å². The van der Waals surface area contributed by atoms with Gasteiger partial charge in [-0.15, -0.1) is 0 Å². The van der Waals surface area contributed by atoms with Gasteiger partial charge in [0.2, 0.25) is 0 Å². The van der Waals surface area contributed by atoms with Gasteiger partial charge in [0.15, 0.2) is 0 Å². The number of hydrogen-bond donors (Lipinski definition) is 0. The van der Waals surface area contributed by atoms with Crippen molar-refractivity contribution >= 4 is 5.97 Å². The van der Waals surface area contributed by atoms with Crippen molar-refractivity contribution in [3.8, 4) is 0 Å². The Labute approximate surface area is 74.6 Å². The van der Waals surface area contributed by atoms with E-state index in [2.05, 4.69) is 0 Å². The summed E-state index contributed by atoms with van der Waals surface area (Å²) in [5.74, 6) is -0.0950. The first-order valence-corrected chi connectivity index (χ1v) is 4.51. The molecule has 1 unspecified atom stereocenters. The summed E-state index contributed by atoms with van der Waals surface area (Å²) in [5.41, 5.74) is 0. The van der Waals surface area contributed by atoms with Gasteiger partial charge in [0, 0.05) is 6.42 Å². The summed E-state index contributed by atoms with van der Waals surface area (Å²) in [7, 11) is 0. The van der Waals surface area contributed by atoms with Gasteiger partial charge >= 0.3 is 5.97 Å². The third kappa shape index (κ3) is 5.96. The van der Waals surface area contributed by atoms with Crippen LogP contribution in [0.3, 0.4) is 0 Å². The summed E-state index contributed by atoms with van der Waals surface area (Å²) in [4.78, 5) is 11.0. The molecule has 1 atom stereocenters. The maximum absolute atomic E-state index is 11.0. The topological polar surface area (TPSA) is 26.3 Å². The lowest BCUT2D eigenvalue weighted by molar-refractivity contribution is -0.148. The lowest BCUT2D eigenvalue weighted by Crippen LogP contribution is -2.13. The minimum Gasteiger partial charge on any atom is -0.463 e. The van der Waals surface area contributed by atoms with Crippen molar-refractivity contribution in [1.29, 1.82) is 0 Å². The Kier molecular flexibility index (Phi) is 6.44. The zero-order chi connectivity index (χ0) is 9.40. The number of allylic oxidation sites excluding steroid dienone is 2. The van der Waals surface area contributed by atoms with Gasteiger partial charge in [-0.05, 0) is 26.7 Å². The van der Waals surface area contributed by atoms with Gasteiger partial charge in [-0.3, -0.25) is 4.79 Å². The van der Waals surface area contributed by atoms with Crippen LogP contribution in [0.5, 0.6) is 0 Å². The summed E-state index contributed by atoms with van der Waals surface area (Å²) in [6.07, 6.45) is 6.13. The predicted molar refractivity (Wildman–Crippen MR) is 49.9 cm³/mol. The summed E-state index contributed by atoms with van der Waals surface area (Å²) < 4.78 is 5.07. The van der Waals surface area contributed by atoms with E-state index in [0.29, 0.717) is 6.42 Å². The molecule has 0 fully saturated rings. The van der Waals surface area contributed by atoms with Gasteiger partial charge in [0.25, 0.3) is 0 Å². The normalized spacial score (nSPS) is 13.2. The molecule has 0 spiro atoms. The first kappa shape index (κ1) is 11.2. The first-order valence-electron chi connectivity index (χ1n) is 4.51. The Morgan fingerprint density at radius 3 is 2.75 bits per heavy atom. The smallest absolute Gasteiger partial charge is 0.306 e. The molecule has 0 aliphatic carbocycles. The van der Waals surface area contributed by atoms with Crippen LogP contribution in [0.2, 0.25) is 0 Å². The molecule has 0 saturated carbocycles. The average Bonchev–Trinajstić information content (AvgIpc) is 2.05. The molecule has 2 nitrogen and oxygen atoms in total. The molecule has 0 amide bonds. The van der Waals surface area contributed by atoms with Gasteiger partial charge in [-0.1, -0.05) is 19.1 Å². The van der Waals surface area contributed by atoms with E-state index >= 15 is 0 Å². The third-order valence-corrected chi connectivity index (χ3v) is 1.66. The highest BCUT2D eigenvalue weighted by Crippen LogP contribution is 2.01. The molecule has 0 aromatic rings. The van der Waals surface area contributed by atoms with E-state index in [-0.39, 0.29) is 12.1 Å². The molecule has 0 aliphatic rings. The van der Waals surface area contributed by atoms with Gasteiger partial charge < -0.3 is 4.74 Å². The van der Waals surface area contributed by atoms with Gasteiger partial charge in [0.05, 0.1) is 6.10 Å². The third-order valence-electron chi connectivity index (χ3n) is 1.66. The van der Waals surface area contributed by atoms with Crippen LogP contribution in [0.4, 0.5) is 0 Å². The summed E-state index contributed by atoms with van der Waals surface area (Å²) in [5, 5.41) is 0. The van der Waals surface area contributed by atoms with Crippen molar-refractivity contribution in [1.82, 2.24) is 0 Å². The highest BCUT2D eigenvalue weighted by atomic mass is 16.5. The molecule has 0 bridgehead atoms. The van der Waals surface area contributed by atoms with Crippen LogP contribution in [0.25, 0.3) is 0 Å². The van der Waals surface area contributed by atoms with Crippen molar-refractivity contribution in [3.63, 3.8) is 0 Å². The lowest BCUT2D eigenvalue weighted by Gasteiger charge is -2.09. The molecule has 0 aromatic carbocycles. The predicted octanol–water partition coefficient (Wildman–Crippen LogP) is 2.68. The zero-order valence-corrected chi connectivity index (χ0v) is 8.17. The fourth-order valence-corrected chi connectivity index (χ4v) is 0.735. The number of hydrogen-bond acceptors (Lipinski definition) is 2. The van der Waals surface area contributed by atoms with Gasteiger partial charge in [-0.2, -0.15) is 0 Å². The molecule has 12 heavy (non-hydrogen) atoms. The van der Waals surface area contributed by atoms with Gasteiger partial charge in [-0.25, -0.2) is 0 Å². The largest absolute Gasteiger partial charge is 0.463 e. The Bertz CT molecular complexity index is 150. The van der Waals surface area contributed by atoms with Crippen LogP contribution in [0, 0.1) is 0 Å². The zero-order valence-electron chi connectivity index (χ0n) is 8.17. The Balaban J connectivity index is 3.46. The molecule has 2 heteroatoms. The van der Waals surface area contributed by atoms with Crippen LogP contribution in [-0.4, -0.2) is 12.1 Å². The van der Waals surface area contributed by atoms with Crippen molar-refractivity contribution in [2.75, 3.05) is 0 Å². The monoisotopic (exact) mass is 170 g/mol. The molecule has 0 rings (SSSR count). The number of carbonyl (C=O) groups is 1. The van der Waals surface area contributed by atoms with Crippen LogP contribution < -0.4 is 0 Å². The average molecular weight is 170 g/mol. The molecule has 0 radical (unpaired) electrons. The van der Waals surface area contributed by atoms with E-state index in [1.165, 1.54) is 0 Å². The van der Waals surface area contributed by atoms with E-state index < -0.39 is 0 Å². The minimum atomic E-state index is -0.0950. The Morgan fingerprint density at radius 2 is 2.25 bits per heavy atom. The number of rotatable bonds is 5. The SMILES string of the molecule is C/C=C/CCC(=O)OC(C)CC. The van der Waals surface area contributed by atoms with Crippen molar-refractivity contribution < 1.29 is 9.53 Å². The first-order chi connectivity index (χ1) is 5.70. The van der Waals surface area contributed by atoms with E-state index in [4.69, 9.17) is 4.74 Å². The van der Waals surface area contributed by atoms with Crippen molar-refractivity contribution in [2.45, 2.75) is 46.1 Å². The fourth-order valence-electron chi connectivity index (χ4n) is 0.735. The summed E-state index contributed by atoms with van der Waals surface area (Å²) in [6, 6.07) is 0. The van der Waals surface area contributed by atoms with E-state index in [9.17, 15) is 4.79 Å².